The van der Waals surface area contributed by atoms with Gasteiger partial charge >= 0.3 is 0 Å². The number of aromatic nitrogens is 3. The van der Waals surface area contributed by atoms with Crippen LogP contribution in [0.5, 0.6) is 0 Å². The molecule has 1 aliphatic rings. The summed E-state index contributed by atoms with van der Waals surface area (Å²) >= 11 is 1.77. The van der Waals surface area contributed by atoms with Crippen LogP contribution in [0.15, 0.2) is 35.4 Å². The molecule has 3 rings (SSSR count). The van der Waals surface area contributed by atoms with Gasteiger partial charge in [-0.3, -0.25) is 9.69 Å². The summed E-state index contributed by atoms with van der Waals surface area (Å²) in [6, 6.07) is 9.07. The molecule has 1 aromatic heterocycles. The molecule has 6 nitrogen and oxygen atoms in total. The zero-order valence-corrected chi connectivity index (χ0v) is 17.3. The van der Waals surface area contributed by atoms with Crippen molar-refractivity contribution in [2.45, 2.75) is 44.2 Å². The Hall–Kier alpha value is -1.86. The summed E-state index contributed by atoms with van der Waals surface area (Å²) in [5.74, 6) is -0.0344. The minimum absolute atomic E-state index is 0.0344. The first-order valence-electron chi connectivity index (χ1n) is 9.71. The Morgan fingerprint density at radius 1 is 1.26 bits per heavy atom. The van der Waals surface area contributed by atoms with Crippen LogP contribution in [0.1, 0.15) is 48.8 Å². The average Bonchev–Trinajstić information content (AvgIpc) is 3.20. The van der Waals surface area contributed by atoms with E-state index in [1.54, 1.807) is 16.7 Å². The summed E-state index contributed by atoms with van der Waals surface area (Å²) in [5.41, 5.74) is 1.79. The van der Waals surface area contributed by atoms with E-state index >= 15 is 0 Å². The van der Waals surface area contributed by atoms with Gasteiger partial charge in [-0.1, -0.05) is 17.3 Å². The number of nitrogens with zero attached hydrogens (tertiary/aromatic N) is 5. The monoisotopic (exact) mass is 387 g/mol. The molecule has 0 saturated carbocycles. The molecule has 1 saturated heterocycles. The molecular formula is C20H29N5OS. The second kappa shape index (κ2) is 9.37. The molecule has 1 amide bonds. The van der Waals surface area contributed by atoms with E-state index in [1.165, 1.54) is 10.5 Å². The minimum atomic E-state index is -0.0344. The molecule has 0 N–H and O–H groups in total. The topological polar surface area (TPSA) is 54.3 Å². The van der Waals surface area contributed by atoms with Gasteiger partial charge in [-0.15, -0.1) is 16.9 Å². The number of piperidine rings is 1. The molecule has 2 aromatic rings. The lowest BCUT2D eigenvalue weighted by Gasteiger charge is -2.32. The molecule has 27 heavy (non-hydrogen) atoms. The maximum atomic E-state index is 12.5. The van der Waals surface area contributed by atoms with E-state index in [0.717, 1.165) is 32.5 Å². The van der Waals surface area contributed by atoms with Crippen LogP contribution in [0.2, 0.25) is 0 Å². The maximum absolute atomic E-state index is 12.5. The SMILES string of the molecule is CCN(CC)C(=O)c1cn([C@H]2CCCN(Cc3ccc(SC)cc3)C2)nn1. The van der Waals surface area contributed by atoms with Gasteiger partial charge in [0.2, 0.25) is 0 Å². The van der Waals surface area contributed by atoms with Crippen molar-refractivity contribution in [1.82, 2.24) is 24.8 Å². The van der Waals surface area contributed by atoms with Crippen molar-refractivity contribution in [3.63, 3.8) is 0 Å². The molecule has 2 heterocycles. The number of hydrogen-bond donors (Lipinski definition) is 0. The van der Waals surface area contributed by atoms with Gasteiger partial charge in [0.05, 0.1) is 12.2 Å². The minimum Gasteiger partial charge on any atom is -0.338 e. The molecule has 1 fully saturated rings. The lowest BCUT2D eigenvalue weighted by Crippen LogP contribution is -2.36. The average molecular weight is 388 g/mol. The van der Waals surface area contributed by atoms with E-state index in [2.05, 4.69) is 45.7 Å². The Bertz CT molecular complexity index is 741. The van der Waals surface area contributed by atoms with Crippen LogP contribution in [0.4, 0.5) is 0 Å². The van der Waals surface area contributed by atoms with Crippen molar-refractivity contribution in [3.05, 3.63) is 41.7 Å². The van der Waals surface area contributed by atoms with Gasteiger partial charge < -0.3 is 4.90 Å². The van der Waals surface area contributed by atoms with Crippen LogP contribution in [0.25, 0.3) is 0 Å². The van der Waals surface area contributed by atoms with Crippen molar-refractivity contribution in [2.24, 2.45) is 0 Å². The smallest absolute Gasteiger partial charge is 0.276 e. The molecule has 146 valence electrons. The normalized spacial score (nSPS) is 17.8. The highest BCUT2D eigenvalue weighted by molar-refractivity contribution is 7.98. The summed E-state index contributed by atoms with van der Waals surface area (Å²) < 4.78 is 1.89. The molecule has 1 aliphatic heterocycles. The Morgan fingerprint density at radius 2 is 2.00 bits per heavy atom. The van der Waals surface area contributed by atoms with Crippen molar-refractivity contribution >= 4 is 17.7 Å². The maximum Gasteiger partial charge on any atom is 0.276 e. The van der Waals surface area contributed by atoms with Crippen LogP contribution in [0.3, 0.4) is 0 Å². The van der Waals surface area contributed by atoms with Gasteiger partial charge in [0, 0.05) is 31.1 Å². The second-order valence-corrected chi connectivity index (χ2v) is 7.82. The zero-order chi connectivity index (χ0) is 19.2. The molecule has 0 aliphatic carbocycles. The highest BCUT2D eigenvalue weighted by Crippen LogP contribution is 2.23. The van der Waals surface area contributed by atoms with Gasteiger partial charge in [0.15, 0.2) is 5.69 Å². The van der Waals surface area contributed by atoms with Crippen LogP contribution >= 0.6 is 11.8 Å². The van der Waals surface area contributed by atoms with Crippen LogP contribution < -0.4 is 0 Å². The van der Waals surface area contributed by atoms with Crippen LogP contribution in [0, 0.1) is 0 Å². The first kappa shape index (κ1) is 19.9. The Labute approximate surface area is 165 Å². The standard InChI is InChI=1S/C20H29N5OS/c1-4-24(5-2)20(26)19-15-25(22-21-19)17-7-6-12-23(14-17)13-16-8-10-18(27-3)11-9-16/h8-11,15,17H,4-7,12-14H2,1-3H3/t17-/m0/s1. The van der Waals surface area contributed by atoms with Gasteiger partial charge in [0.1, 0.15) is 0 Å². The summed E-state index contributed by atoms with van der Waals surface area (Å²) in [4.78, 5) is 18.0. The van der Waals surface area contributed by atoms with Crippen molar-refractivity contribution in [3.8, 4) is 0 Å². The van der Waals surface area contributed by atoms with Crippen LogP contribution in [-0.2, 0) is 6.54 Å². The number of benzene rings is 1. The fourth-order valence-corrected chi connectivity index (χ4v) is 4.01. The number of carbonyl (C=O) groups excluding carboxylic acids is 1. The largest absolute Gasteiger partial charge is 0.338 e. The summed E-state index contributed by atoms with van der Waals surface area (Å²) in [6.07, 6.45) is 6.13. The van der Waals surface area contributed by atoms with Crippen molar-refractivity contribution < 1.29 is 4.79 Å². The fourth-order valence-electron chi connectivity index (χ4n) is 3.61. The summed E-state index contributed by atoms with van der Waals surface area (Å²) in [7, 11) is 0. The first-order valence-corrected chi connectivity index (χ1v) is 10.9. The summed E-state index contributed by atoms with van der Waals surface area (Å²) in [5, 5.41) is 8.40. The third-order valence-electron chi connectivity index (χ3n) is 5.20. The first-order chi connectivity index (χ1) is 13.1. The second-order valence-electron chi connectivity index (χ2n) is 6.94. The summed E-state index contributed by atoms with van der Waals surface area (Å²) in [6.45, 7) is 8.33. The Kier molecular flexibility index (Phi) is 6.90. The number of carbonyl (C=O) groups is 1. The quantitative estimate of drug-likeness (QED) is 0.682. The lowest BCUT2D eigenvalue weighted by molar-refractivity contribution is 0.0767. The van der Waals surface area contributed by atoms with E-state index < -0.39 is 0 Å². The zero-order valence-electron chi connectivity index (χ0n) is 16.5. The van der Waals surface area contributed by atoms with E-state index in [0.29, 0.717) is 18.8 Å². The van der Waals surface area contributed by atoms with Gasteiger partial charge in [-0.25, -0.2) is 4.68 Å². The molecule has 0 unspecified atom stereocenters. The molecule has 1 atom stereocenters. The van der Waals surface area contributed by atoms with Gasteiger partial charge in [-0.05, 0) is 57.2 Å². The highest BCUT2D eigenvalue weighted by atomic mass is 32.2. The molecule has 1 aromatic carbocycles. The molecular weight excluding hydrogens is 358 g/mol. The van der Waals surface area contributed by atoms with E-state index in [9.17, 15) is 4.79 Å². The molecule has 0 bridgehead atoms. The van der Waals surface area contributed by atoms with Gasteiger partial charge in [0.25, 0.3) is 5.91 Å². The number of likely N-dealkylation sites (tertiary alicyclic amines) is 1. The van der Waals surface area contributed by atoms with Crippen LogP contribution in [-0.4, -0.2) is 63.1 Å². The number of hydrogen-bond acceptors (Lipinski definition) is 5. The number of amides is 1. The fraction of sp³-hybridized carbons (Fsp3) is 0.550. The third-order valence-corrected chi connectivity index (χ3v) is 5.94. The predicted octanol–water partition coefficient (Wildman–Crippen LogP) is 3.32. The van der Waals surface area contributed by atoms with E-state index in [4.69, 9.17) is 0 Å². The van der Waals surface area contributed by atoms with E-state index in [1.807, 2.05) is 24.7 Å². The molecule has 0 spiro atoms. The number of rotatable bonds is 7. The lowest BCUT2D eigenvalue weighted by atomic mass is 10.0. The Morgan fingerprint density at radius 3 is 2.67 bits per heavy atom. The Balaban J connectivity index is 1.63. The molecule has 7 heteroatoms. The number of thioether (sulfide) groups is 1. The van der Waals surface area contributed by atoms with Crippen molar-refractivity contribution in [1.29, 1.82) is 0 Å². The molecule has 0 radical (unpaired) electrons. The predicted molar refractivity (Wildman–Crippen MR) is 109 cm³/mol. The highest BCUT2D eigenvalue weighted by Gasteiger charge is 2.24. The van der Waals surface area contributed by atoms with E-state index in [-0.39, 0.29) is 11.9 Å². The van der Waals surface area contributed by atoms with Gasteiger partial charge in [-0.2, -0.15) is 0 Å². The van der Waals surface area contributed by atoms with Crippen molar-refractivity contribution in [2.75, 3.05) is 32.4 Å². The third kappa shape index (κ3) is 4.90.